The fraction of sp³-hybridized carbons (Fsp3) is 0.0196. The molecule has 0 atom stereocenters. The summed E-state index contributed by atoms with van der Waals surface area (Å²) < 4.78 is 2.28. The van der Waals surface area contributed by atoms with Crippen LogP contribution in [0.25, 0.3) is 99.0 Å². The van der Waals surface area contributed by atoms with Crippen molar-refractivity contribution in [3.8, 4) is 55.6 Å². The molecule has 0 bridgehead atoms. The Hall–Kier alpha value is -6.70. The monoisotopic (exact) mass is 661 g/mol. The van der Waals surface area contributed by atoms with E-state index in [0.717, 1.165) is 0 Å². The van der Waals surface area contributed by atoms with E-state index in [2.05, 4.69) is 206 Å². The molecule has 0 fully saturated rings. The van der Waals surface area contributed by atoms with Gasteiger partial charge in [0, 0.05) is 28.9 Å². The van der Waals surface area contributed by atoms with Crippen LogP contribution in [0.15, 0.2) is 194 Å². The molecule has 0 saturated carbocycles. The van der Waals surface area contributed by atoms with Crippen molar-refractivity contribution in [1.29, 1.82) is 0 Å². The summed E-state index contributed by atoms with van der Waals surface area (Å²) in [5, 5.41) is 7.66. The van der Waals surface area contributed by atoms with E-state index in [0.29, 0.717) is 0 Å². The minimum absolute atomic E-state index is 1.21. The third-order valence-electron chi connectivity index (χ3n) is 10.9. The second kappa shape index (κ2) is 12.3. The summed E-state index contributed by atoms with van der Waals surface area (Å²) in [6.45, 7) is 0. The maximum atomic E-state index is 2.33. The molecule has 1 heteroatoms. The van der Waals surface area contributed by atoms with Gasteiger partial charge in [-0.3, -0.25) is 0 Å². The van der Waals surface area contributed by atoms with Gasteiger partial charge in [-0.2, -0.15) is 0 Å². The number of aromatic nitrogens is 1. The highest BCUT2D eigenvalue weighted by Gasteiger charge is 2.17. The van der Waals surface area contributed by atoms with E-state index >= 15 is 0 Å². The topological polar surface area (TPSA) is 4.93 Å². The van der Waals surface area contributed by atoms with Crippen molar-refractivity contribution in [3.05, 3.63) is 194 Å². The van der Waals surface area contributed by atoms with Crippen molar-refractivity contribution in [1.82, 2.24) is 4.57 Å². The third-order valence-corrected chi connectivity index (χ3v) is 10.9. The quantitative estimate of drug-likeness (QED) is 0.162. The number of nitrogens with zero attached hydrogens (tertiary/aromatic N) is 1. The number of hydrogen-bond acceptors (Lipinski definition) is 0. The molecule has 0 aliphatic carbocycles. The van der Waals surface area contributed by atoms with Gasteiger partial charge in [-0.05, 0) is 95.4 Å². The third kappa shape index (κ3) is 4.93. The summed E-state index contributed by atoms with van der Waals surface area (Å²) in [5.74, 6) is 0. The Morgan fingerprint density at radius 3 is 1.06 bits per heavy atom. The predicted octanol–water partition coefficient (Wildman–Crippen LogP) is 14.0. The maximum Gasteiger partial charge on any atom is 0.0489 e. The van der Waals surface area contributed by atoms with Crippen LogP contribution in [0, 0.1) is 0 Å². The lowest BCUT2D eigenvalue weighted by Gasteiger charge is -2.18. The van der Waals surface area contributed by atoms with Crippen molar-refractivity contribution < 1.29 is 0 Å². The fourth-order valence-electron chi connectivity index (χ4n) is 8.24. The van der Waals surface area contributed by atoms with Gasteiger partial charge in [-0.25, -0.2) is 0 Å². The van der Waals surface area contributed by atoms with Crippen LogP contribution in [0.4, 0.5) is 0 Å². The summed E-state index contributed by atoms with van der Waals surface area (Å²) in [4.78, 5) is 0. The highest BCUT2D eigenvalue weighted by molar-refractivity contribution is 6.21. The zero-order chi connectivity index (χ0) is 34.6. The van der Waals surface area contributed by atoms with Crippen molar-refractivity contribution >= 4 is 43.4 Å². The zero-order valence-electron chi connectivity index (χ0n) is 28.9. The van der Waals surface area contributed by atoms with Crippen LogP contribution in [0.1, 0.15) is 0 Å². The summed E-state index contributed by atoms with van der Waals surface area (Å²) in [5.41, 5.74) is 14.9. The largest absolute Gasteiger partial charge is 0.344 e. The van der Waals surface area contributed by atoms with E-state index in [-0.39, 0.29) is 0 Å². The molecule has 9 aromatic carbocycles. The van der Waals surface area contributed by atoms with Crippen LogP contribution in [0.2, 0.25) is 0 Å². The van der Waals surface area contributed by atoms with Crippen LogP contribution >= 0.6 is 0 Å². The van der Waals surface area contributed by atoms with Crippen molar-refractivity contribution in [2.75, 3.05) is 0 Å². The predicted molar refractivity (Wildman–Crippen MR) is 223 cm³/mol. The summed E-state index contributed by atoms with van der Waals surface area (Å²) in [6, 6.07) is 71.0. The van der Waals surface area contributed by atoms with Crippen molar-refractivity contribution in [3.63, 3.8) is 0 Å². The number of fused-ring (bicyclic) bond motifs is 5. The van der Waals surface area contributed by atoms with Crippen LogP contribution < -0.4 is 0 Å². The molecule has 0 unspecified atom stereocenters. The van der Waals surface area contributed by atoms with Crippen LogP contribution in [0.5, 0.6) is 0 Å². The first kappa shape index (κ1) is 30.2. The van der Waals surface area contributed by atoms with Gasteiger partial charge in [0.1, 0.15) is 0 Å². The van der Waals surface area contributed by atoms with Gasteiger partial charge in [0.2, 0.25) is 0 Å². The average molecular weight is 662 g/mol. The molecule has 1 heterocycles. The van der Waals surface area contributed by atoms with Crippen LogP contribution in [0.3, 0.4) is 0 Å². The van der Waals surface area contributed by atoms with Gasteiger partial charge in [0.15, 0.2) is 0 Å². The molecule has 0 spiro atoms. The second-order valence-corrected chi connectivity index (χ2v) is 13.7. The normalized spacial score (nSPS) is 11.6. The van der Waals surface area contributed by atoms with Gasteiger partial charge < -0.3 is 4.57 Å². The van der Waals surface area contributed by atoms with Gasteiger partial charge in [-0.15, -0.1) is 0 Å². The SMILES string of the molecule is Cn1c2ccccc2c2cc(-c3ccc(-c4ccc(-c5c6ccccc6c(-c6ccc(-c7ccccc7)cc6)c6ccccc56)cc4)cc3)ccc21. The van der Waals surface area contributed by atoms with E-state index in [9.17, 15) is 0 Å². The lowest BCUT2D eigenvalue weighted by Crippen LogP contribution is -1.91. The van der Waals surface area contributed by atoms with E-state index in [1.807, 2.05) is 0 Å². The number of aryl methyl sites for hydroxylation is 1. The molecule has 0 radical (unpaired) electrons. The minimum Gasteiger partial charge on any atom is -0.344 e. The minimum atomic E-state index is 1.21. The zero-order valence-corrected chi connectivity index (χ0v) is 28.9. The Labute approximate surface area is 303 Å². The van der Waals surface area contributed by atoms with E-state index in [1.54, 1.807) is 0 Å². The first-order chi connectivity index (χ1) is 25.7. The lowest BCUT2D eigenvalue weighted by molar-refractivity contribution is 1.01. The smallest absolute Gasteiger partial charge is 0.0489 e. The van der Waals surface area contributed by atoms with Crippen LogP contribution in [-0.2, 0) is 7.05 Å². The van der Waals surface area contributed by atoms with Crippen molar-refractivity contribution in [2.45, 2.75) is 0 Å². The fourth-order valence-corrected chi connectivity index (χ4v) is 8.24. The first-order valence-corrected chi connectivity index (χ1v) is 18.0. The molecular weight excluding hydrogens is 627 g/mol. The Kier molecular flexibility index (Phi) is 7.11. The maximum absolute atomic E-state index is 2.33. The van der Waals surface area contributed by atoms with Gasteiger partial charge in [-0.1, -0.05) is 176 Å². The summed E-state index contributed by atoms with van der Waals surface area (Å²) in [6.07, 6.45) is 0. The lowest BCUT2D eigenvalue weighted by atomic mass is 9.85. The Morgan fingerprint density at radius 1 is 0.250 bits per heavy atom. The van der Waals surface area contributed by atoms with E-state index in [4.69, 9.17) is 0 Å². The molecule has 0 aliphatic rings. The van der Waals surface area contributed by atoms with Gasteiger partial charge in [0.25, 0.3) is 0 Å². The number of benzene rings is 9. The molecule has 0 amide bonds. The Balaban J connectivity index is 1.01. The average Bonchev–Trinajstić information content (AvgIpc) is 3.51. The highest BCUT2D eigenvalue weighted by atomic mass is 14.9. The summed E-state index contributed by atoms with van der Waals surface area (Å²) >= 11 is 0. The van der Waals surface area contributed by atoms with Crippen molar-refractivity contribution in [2.24, 2.45) is 7.05 Å². The van der Waals surface area contributed by atoms with Gasteiger partial charge >= 0.3 is 0 Å². The Bertz CT molecular complexity index is 2850. The number of rotatable bonds is 5. The molecule has 0 N–H and O–H groups in total. The number of para-hydroxylation sites is 1. The Morgan fingerprint density at radius 2 is 0.577 bits per heavy atom. The second-order valence-electron chi connectivity index (χ2n) is 13.7. The molecule has 1 aromatic heterocycles. The molecule has 10 aromatic rings. The van der Waals surface area contributed by atoms with Gasteiger partial charge in [0.05, 0.1) is 0 Å². The standard InChI is InChI=1S/C51H35N/c1-52-48-18-10-9-13-42(48)47-33-41(31-32-49(47)52)38-21-19-36(20-22-38)37-25-29-40(30-26-37)51-45-16-7-5-14-43(45)50(44-15-6-8-17-46(44)51)39-27-23-35(24-28-39)34-11-3-2-4-12-34/h2-33H,1H3. The van der Waals surface area contributed by atoms with Crippen LogP contribution in [-0.4, -0.2) is 4.57 Å². The molecule has 1 nitrogen and oxygen atoms in total. The molecule has 244 valence electrons. The molecule has 52 heavy (non-hydrogen) atoms. The highest BCUT2D eigenvalue weighted by Crippen LogP contribution is 2.44. The number of hydrogen-bond donors (Lipinski definition) is 0. The molecular formula is C51H35N. The summed E-state index contributed by atoms with van der Waals surface area (Å²) in [7, 11) is 2.15. The van der Waals surface area contributed by atoms with E-state index < -0.39 is 0 Å². The molecule has 0 saturated heterocycles. The first-order valence-electron chi connectivity index (χ1n) is 18.0. The molecule has 10 rings (SSSR count). The van der Waals surface area contributed by atoms with E-state index in [1.165, 1.54) is 99.0 Å². The molecule has 0 aliphatic heterocycles.